The van der Waals surface area contributed by atoms with Crippen molar-refractivity contribution in [1.29, 1.82) is 0 Å². The highest BCUT2D eigenvalue weighted by Gasteiger charge is 2.14. The summed E-state index contributed by atoms with van der Waals surface area (Å²) < 4.78 is 10.9. The third kappa shape index (κ3) is 3.57. The molecule has 2 aromatic rings. The molecule has 1 aromatic heterocycles. The lowest BCUT2D eigenvalue weighted by Gasteiger charge is -2.05. The van der Waals surface area contributed by atoms with E-state index in [0.717, 1.165) is 20.7 Å². The van der Waals surface area contributed by atoms with Crippen molar-refractivity contribution in [2.45, 2.75) is 17.7 Å². The lowest BCUT2D eigenvalue weighted by molar-refractivity contribution is -0.140. The van der Waals surface area contributed by atoms with Gasteiger partial charge in [-0.25, -0.2) is 0 Å². The van der Waals surface area contributed by atoms with Crippen LogP contribution in [-0.4, -0.2) is 32.2 Å². The molecule has 1 heterocycles. The van der Waals surface area contributed by atoms with Crippen molar-refractivity contribution in [2.24, 2.45) is 0 Å². The Morgan fingerprint density at radius 3 is 2.57 bits per heavy atom. The molecule has 0 saturated heterocycles. The second kappa shape index (κ2) is 6.95. The molecule has 0 aliphatic heterocycles. The molecule has 4 nitrogen and oxygen atoms in total. The summed E-state index contributed by atoms with van der Waals surface area (Å²) >= 11 is 3.05. The molecule has 0 aliphatic carbocycles. The van der Waals surface area contributed by atoms with Gasteiger partial charge in [0.15, 0.2) is 5.78 Å². The number of benzene rings is 1. The van der Waals surface area contributed by atoms with Crippen molar-refractivity contribution >= 4 is 44.9 Å². The number of hydrogen-bond acceptors (Lipinski definition) is 6. The number of thiophene rings is 1. The largest absolute Gasteiger partial charge is 0.496 e. The van der Waals surface area contributed by atoms with Crippen molar-refractivity contribution in [2.75, 3.05) is 20.5 Å². The summed E-state index contributed by atoms with van der Waals surface area (Å²) in [6.45, 7) is 0. The third-order valence-corrected chi connectivity index (χ3v) is 4.98. The molecule has 0 radical (unpaired) electrons. The number of fused-ring (bicyclic) bond motifs is 1. The summed E-state index contributed by atoms with van der Waals surface area (Å²) in [7, 11) is 2.96. The number of Topliss-reactive ketones (excluding diaryl/α,β-unsaturated/α-hetero) is 1. The molecule has 0 saturated carbocycles. The monoisotopic (exact) mass is 324 g/mol. The van der Waals surface area contributed by atoms with Crippen molar-refractivity contribution in [1.82, 2.24) is 0 Å². The molecule has 21 heavy (non-hydrogen) atoms. The van der Waals surface area contributed by atoms with E-state index in [1.54, 1.807) is 18.9 Å². The fourth-order valence-corrected chi connectivity index (χ4v) is 3.65. The van der Waals surface area contributed by atoms with Crippen molar-refractivity contribution in [3.8, 4) is 5.75 Å². The van der Waals surface area contributed by atoms with Crippen LogP contribution in [0.15, 0.2) is 23.1 Å². The first-order chi connectivity index (χ1) is 10.1. The molecule has 0 spiro atoms. The van der Waals surface area contributed by atoms with Crippen LogP contribution in [0.5, 0.6) is 5.75 Å². The molecule has 0 atom stereocenters. The zero-order chi connectivity index (χ0) is 15.4. The van der Waals surface area contributed by atoms with Crippen molar-refractivity contribution in [3.05, 3.63) is 23.1 Å². The van der Waals surface area contributed by atoms with E-state index >= 15 is 0 Å². The average Bonchev–Trinajstić information content (AvgIpc) is 2.93. The maximum absolute atomic E-state index is 12.1. The van der Waals surface area contributed by atoms with Crippen LogP contribution in [0.4, 0.5) is 0 Å². The van der Waals surface area contributed by atoms with Gasteiger partial charge in [-0.2, -0.15) is 0 Å². The molecule has 0 fully saturated rings. The van der Waals surface area contributed by atoms with Crippen LogP contribution in [0.25, 0.3) is 10.1 Å². The number of methoxy groups -OCH3 is 2. The van der Waals surface area contributed by atoms with Crippen LogP contribution in [-0.2, 0) is 9.53 Å². The predicted molar refractivity (Wildman–Crippen MR) is 85.7 cm³/mol. The topological polar surface area (TPSA) is 52.6 Å². The molecule has 1 aromatic carbocycles. The molecule has 112 valence electrons. The zero-order valence-corrected chi connectivity index (χ0v) is 13.7. The number of ketones is 1. The van der Waals surface area contributed by atoms with Gasteiger partial charge >= 0.3 is 5.97 Å². The van der Waals surface area contributed by atoms with Gasteiger partial charge < -0.3 is 9.47 Å². The molecule has 0 bridgehead atoms. The first kappa shape index (κ1) is 15.9. The summed E-state index contributed by atoms with van der Waals surface area (Å²) in [6, 6.07) is 5.82. The number of rotatable bonds is 6. The SMILES string of the molecule is COC(=O)CCC(=O)c1cc2cc(OC)c(SC)cc2s1. The highest BCUT2D eigenvalue weighted by molar-refractivity contribution is 7.98. The number of ether oxygens (including phenoxy) is 2. The Labute approximate surface area is 131 Å². The fraction of sp³-hybridized carbons (Fsp3) is 0.333. The van der Waals surface area contributed by atoms with Crippen LogP contribution in [0.3, 0.4) is 0 Å². The second-order valence-corrected chi connectivity index (χ2v) is 6.29. The van der Waals surface area contributed by atoms with Gasteiger partial charge in [-0.1, -0.05) is 0 Å². The van der Waals surface area contributed by atoms with Crippen molar-refractivity contribution < 1.29 is 19.1 Å². The summed E-state index contributed by atoms with van der Waals surface area (Å²) in [6.07, 6.45) is 2.27. The number of hydrogen-bond donors (Lipinski definition) is 0. The Kier molecular flexibility index (Phi) is 5.25. The van der Waals surface area contributed by atoms with Crippen LogP contribution in [0, 0.1) is 0 Å². The number of thioether (sulfide) groups is 1. The Hall–Kier alpha value is -1.53. The van der Waals surface area contributed by atoms with Crippen molar-refractivity contribution in [3.63, 3.8) is 0 Å². The fourth-order valence-electron chi connectivity index (χ4n) is 1.94. The molecule has 6 heteroatoms. The number of carbonyl (C=O) groups is 2. The highest BCUT2D eigenvalue weighted by atomic mass is 32.2. The van der Waals surface area contributed by atoms with Crippen LogP contribution in [0.2, 0.25) is 0 Å². The maximum atomic E-state index is 12.1. The summed E-state index contributed by atoms with van der Waals surface area (Å²) in [5.74, 6) is 0.406. The molecular weight excluding hydrogens is 308 g/mol. The lowest BCUT2D eigenvalue weighted by Crippen LogP contribution is -2.04. The number of esters is 1. The second-order valence-electron chi connectivity index (χ2n) is 4.35. The molecule has 0 unspecified atom stereocenters. The lowest BCUT2D eigenvalue weighted by atomic mass is 10.1. The van der Waals surface area contributed by atoms with E-state index in [1.165, 1.54) is 18.4 Å². The Morgan fingerprint density at radius 2 is 1.95 bits per heavy atom. The van der Waals surface area contributed by atoms with Gasteiger partial charge in [-0.15, -0.1) is 23.1 Å². The molecule has 0 N–H and O–H groups in total. The van der Waals surface area contributed by atoms with E-state index in [4.69, 9.17) is 4.74 Å². The maximum Gasteiger partial charge on any atom is 0.305 e. The predicted octanol–water partition coefficient (Wildman–Crippen LogP) is 3.77. The smallest absolute Gasteiger partial charge is 0.305 e. The normalized spacial score (nSPS) is 10.6. The molecule has 2 rings (SSSR count). The Morgan fingerprint density at radius 1 is 1.19 bits per heavy atom. The van der Waals surface area contributed by atoms with E-state index in [2.05, 4.69) is 4.74 Å². The summed E-state index contributed by atoms with van der Waals surface area (Å²) in [5, 5.41) is 0.982. The molecular formula is C15H16O4S2. The van der Waals surface area contributed by atoms with Gasteiger partial charge in [-0.3, -0.25) is 9.59 Å². The highest BCUT2D eigenvalue weighted by Crippen LogP contribution is 2.36. The van der Waals surface area contributed by atoms with Gasteiger partial charge in [0.25, 0.3) is 0 Å². The number of carbonyl (C=O) groups excluding carboxylic acids is 2. The van der Waals surface area contributed by atoms with E-state index < -0.39 is 0 Å². The Bertz CT molecular complexity index is 635. The molecule has 0 aliphatic rings. The van der Waals surface area contributed by atoms with Gasteiger partial charge in [-0.05, 0) is 29.8 Å². The Balaban J connectivity index is 2.26. The summed E-state index contributed by atoms with van der Waals surface area (Å²) in [5.41, 5.74) is 0. The standard InChI is InChI=1S/C15H16O4S2/c1-18-11-6-9-7-13(10(16)4-5-15(17)19-2)21-12(9)8-14(11)20-3/h6-8H,4-5H2,1-3H3. The van der Waals surface area contributed by atoms with E-state index in [9.17, 15) is 9.59 Å². The minimum atomic E-state index is -0.365. The van der Waals surface area contributed by atoms with E-state index in [-0.39, 0.29) is 24.6 Å². The minimum absolute atomic E-state index is 0.0359. The van der Waals surface area contributed by atoms with Gasteiger partial charge in [0.2, 0.25) is 0 Å². The zero-order valence-electron chi connectivity index (χ0n) is 12.1. The van der Waals surface area contributed by atoms with E-state index in [0.29, 0.717) is 4.88 Å². The van der Waals surface area contributed by atoms with Gasteiger partial charge in [0.1, 0.15) is 5.75 Å². The quantitative estimate of drug-likeness (QED) is 0.460. The molecule has 0 amide bonds. The van der Waals surface area contributed by atoms with Crippen LogP contribution < -0.4 is 4.74 Å². The first-order valence-corrected chi connectivity index (χ1v) is 8.38. The van der Waals surface area contributed by atoms with E-state index in [1.807, 2.05) is 24.5 Å². The third-order valence-electron chi connectivity index (χ3n) is 3.08. The summed E-state index contributed by atoms with van der Waals surface area (Å²) in [4.78, 5) is 24.9. The van der Waals surface area contributed by atoms with Gasteiger partial charge in [0, 0.05) is 11.1 Å². The minimum Gasteiger partial charge on any atom is -0.496 e. The first-order valence-electron chi connectivity index (χ1n) is 6.34. The van der Waals surface area contributed by atoms with Crippen LogP contribution >= 0.6 is 23.1 Å². The average molecular weight is 324 g/mol. The van der Waals surface area contributed by atoms with Gasteiger partial charge in [0.05, 0.1) is 30.4 Å². The van der Waals surface area contributed by atoms with Crippen LogP contribution in [0.1, 0.15) is 22.5 Å².